The van der Waals surface area contributed by atoms with Gasteiger partial charge in [-0.2, -0.15) is 0 Å². The molecule has 0 radical (unpaired) electrons. The summed E-state index contributed by atoms with van der Waals surface area (Å²) >= 11 is 0. The Labute approximate surface area is 141 Å². The summed E-state index contributed by atoms with van der Waals surface area (Å²) in [6.07, 6.45) is 2.93. The van der Waals surface area contributed by atoms with Crippen molar-refractivity contribution < 1.29 is 4.79 Å². The fourth-order valence-corrected chi connectivity index (χ4v) is 3.47. The van der Waals surface area contributed by atoms with Crippen molar-refractivity contribution in [1.29, 1.82) is 0 Å². The van der Waals surface area contributed by atoms with E-state index in [2.05, 4.69) is 9.97 Å². The zero-order valence-corrected chi connectivity index (χ0v) is 14.2. The van der Waals surface area contributed by atoms with Gasteiger partial charge in [-0.3, -0.25) is 9.59 Å². The molecule has 1 amide bonds. The van der Waals surface area contributed by atoms with E-state index in [9.17, 15) is 9.59 Å². The molecular formula is C19H23N3O2. The highest BCUT2D eigenvalue weighted by Gasteiger charge is 2.42. The van der Waals surface area contributed by atoms with Gasteiger partial charge in [-0.1, -0.05) is 30.3 Å². The Balaban J connectivity index is 1.79. The van der Waals surface area contributed by atoms with Crippen molar-refractivity contribution in [2.24, 2.45) is 0 Å². The molecule has 1 atom stereocenters. The van der Waals surface area contributed by atoms with Crippen LogP contribution in [-0.4, -0.2) is 27.3 Å². The second-order valence-corrected chi connectivity index (χ2v) is 6.64. The van der Waals surface area contributed by atoms with Crippen molar-refractivity contribution in [2.75, 3.05) is 6.54 Å². The maximum atomic E-state index is 12.8. The van der Waals surface area contributed by atoms with Gasteiger partial charge in [0.2, 0.25) is 5.91 Å². The fraction of sp³-hybridized carbons (Fsp3) is 0.421. The Morgan fingerprint density at radius 2 is 2.08 bits per heavy atom. The van der Waals surface area contributed by atoms with Crippen LogP contribution >= 0.6 is 0 Å². The molecule has 126 valence electrons. The molecule has 1 aliphatic heterocycles. The monoisotopic (exact) mass is 325 g/mol. The van der Waals surface area contributed by atoms with Crippen molar-refractivity contribution >= 4 is 5.91 Å². The SMILES string of the molecule is Cc1cc(=O)[nH]c([C@@]2(C)CCCN2C(=O)CCc2ccccc2)n1. The van der Waals surface area contributed by atoms with Gasteiger partial charge in [0.1, 0.15) is 5.82 Å². The number of aromatic amines is 1. The van der Waals surface area contributed by atoms with E-state index in [0.717, 1.165) is 24.8 Å². The van der Waals surface area contributed by atoms with E-state index >= 15 is 0 Å². The van der Waals surface area contributed by atoms with Gasteiger partial charge in [0.05, 0.1) is 5.54 Å². The molecule has 1 aliphatic rings. The first-order valence-electron chi connectivity index (χ1n) is 8.42. The van der Waals surface area contributed by atoms with E-state index < -0.39 is 5.54 Å². The van der Waals surface area contributed by atoms with Gasteiger partial charge >= 0.3 is 0 Å². The molecule has 2 heterocycles. The molecule has 24 heavy (non-hydrogen) atoms. The number of carbonyl (C=O) groups excluding carboxylic acids is 1. The third kappa shape index (κ3) is 3.25. The molecule has 1 fully saturated rings. The van der Waals surface area contributed by atoms with Crippen molar-refractivity contribution in [3.05, 3.63) is 63.8 Å². The van der Waals surface area contributed by atoms with Crippen LogP contribution in [0.15, 0.2) is 41.2 Å². The van der Waals surface area contributed by atoms with Crippen LogP contribution in [0.3, 0.4) is 0 Å². The number of aromatic nitrogens is 2. The number of nitrogens with zero attached hydrogens (tertiary/aromatic N) is 2. The average Bonchev–Trinajstić information content (AvgIpc) is 2.96. The zero-order valence-electron chi connectivity index (χ0n) is 14.2. The van der Waals surface area contributed by atoms with Gasteiger partial charge in [0, 0.05) is 24.7 Å². The van der Waals surface area contributed by atoms with E-state index in [1.807, 2.05) is 42.2 Å². The number of benzene rings is 1. The van der Waals surface area contributed by atoms with Crippen LogP contribution in [0, 0.1) is 6.92 Å². The van der Waals surface area contributed by atoms with Crippen LogP contribution in [0.2, 0.25) is 0 Å². The quantitative estimate of drug-likeness (QED) is 0.939. The molecule has 1 aromatic carbocycles. The molecule has 0 saturated carbocycles. The van der Waals surface area contributed by atoms with E-state index in [1.165, 1.54) is 6.07 Å². The normalized spacial score (nSPS) is 20.3. The minimum atomic E-state index is -0.529. The van der Waals surface area contributed by atoms with Crippen LogP contribution in [0.5, 0.6) is 0 Å². The Hall–Kier alpha value is -2.43. The smallest absolute Gasteiger partial charge is 0.251 e. The second kappa shape index (κ2) is 6.59. The molecule has 0 unspecified atom stereocenters. The Morgan fingerprint density at radius 1 is 1.33 bits per heavy atom. The maximum Gasteiger partial charge on any atom is 0.251 e. The fourth-order valence-electron chi connectivity index (χ4n) is 3.47. The third-order valence-corrected chi connectivity index (χ3v) is 4.79. The molecule has 1 aromatic heterocycles. The molecule has 0 bridgehead atoms. The van der Waals surface area contributed by atoms with Crippen molar-refractivity contribution in [3.8, 4) is 0 Å². The molecule has 0 spiro atoms. The highest BCUT2D eigenvalue weighted by Crippen LogP contribution is 2.36. The van der Waals surface area contributed by atoms with Crippen LogP contribution in [-0.2, 0) is 16.8 Å². The first kappa shape index (κ1) is 16.4. The van der Waals surface area contributed by atoms with Crippen LogP contribution < -0.4 is 5.56 Å². The van der Waals surface area contributed by atoms with Gasteiger partial charge in [-0.15, -0.1) is 0 Å². The highest BCUT2D eigenvalue weighted by molar-refractivity contribution is 5.77. The molecule has 5 nitrogen and oxygen atoms in total. The number of nitrogens with one attached hydrogen (secondary N) is 1. The number of rotatable bonds is 4. The lowest BCUT2D eigenvalue weighted by molar-refractivity contribution is -0.135. The standard InChI is InChI=1S/C19H23N3O2/c1-14-13-16(23)21-18(20-14)19(2)11-6-12-22(19)17(24)10-9-15-7-4-3-5-8-15/h3-5,7-8,13H,6,9-12H2,1-2H3,(H,20,21,23)/t19-/m1/s1. The Bertz CT molecular complexity index is 785. The lowest BCUT2D eigenvalue weighted by Crippen LogP contribution is -2.45. The van der Waals surface area contributed by atoms with Crippen LogP contribution in [0.25, 0.3) is 0 Å². The number of hydrogen-bond donors (Lipinski definition) is 1. The summed E-state index contributed by atoms with van der Waals surface area (Å²) in [7, 11) is 0. The number of aryl methyl sites for hydroxylation is 2. The largest absolute Gasteiger partial charge is 0.330 e. The molecule has 3 rings (SSSR count). The predicted molar refractivity (Wildman–Crippen MR) is 92.7 cm³/mol. The van der Waals surface area contributed by atoms with Crippen LogP contribution in [0.1, 0.15) is 43.3 Å². The first-order valence-corrected chi connectivity index (χ1v) is 8.42. The number of amides is 1. The van der Waals surface area contributed by atoms with Crippen molar-refractivity contribution in [1.82, 2.24) is 14.9 Å². The Morgan fingerprint density at radius 3 is 2.79 bits per heavy atom. The average molecular weight is 325 g/mol. The van der Waals surface area contributed by atoms with Crippen molar-refractivity contribution in [3.63, 3.8) is 0 Å². The summed E-state index contributed by atoms with van der Waals surface area (Å²) in [6.45, 7) is 4.51. The Kier molecular flexibility index (Phi) is 4.51. The maximum absolute atomic E-state index is 12.8. The predicted octanol–water partition coefficient (Wildman–Crippen LogP) is 2.55. The van der Waals surface area contributed by atoms with Crippen molar-refractivity contribution in [2.45, 2.75) is 45.1 Å². The summed E-state index contributed by atoms with van der Waals surface area (Å²) in [5.74, 6) is 0.709. The molecular weight excluding hydrogens is 302 g/mol. The van der Waals surface area contributed by atoms with E-state index in [-0.39, 0.29) is 11.5 Å². The van der Waals surface area contributed by atoms with E-state index in [4.69, 9.17) is 0 Å². The number of carbonyl (C=O) groups is 1. The number of H-pyrrole nitrogens is 1. The summed E-state index contributed by atoms with van der Waals surface area (Å²) < 4.78 is 0. The number of likely N-dealkylation sites (tertiary alicyclic amines) is 1. The third-order valence-electron chi connectivity index (χ3n) is 4.79. The summed E-state index contributed by atoms with van der Waals surface area (Å²) in [4.78, 5) is 33.8. The molecule has 1 N–H and O–H groups in total. The first-order chi connectivity index (χ1) is 11.5. The lowest BCUT2D eigenvalue weighted by Gasteiger charge is -2.34. The summed E-state index contributed by atoms with van der Waals surface area (Å²) in [6, 6.07) is 11.5. The molecule has 1 saturated heterocycles. The second-order valence-electron chi connectivity index (χ2n) is 6.64. The van der Waals surface area contributed by atoms with E-state index in [0.29, 0.717) is 24.5 Å². The van der Waals surface area contributed by atoms with Gasteiger partial charge in [0.25, 0.3) is 5.56 Å². The molecule has 2 aromatic rings. The minimum Gasteiger partial charge on any atom is -0.330 e. The summed E-state index contributed by atoms with van der Waals surface area (Å²) in [5, 5.41) is 0. The van der Waals surface area contributed by atoms with Gasteiger partial charge in [0.15, 0.2) is 0 Å². The van der Waals surface area contributed by atoms with Gasteiger partial charge < -0.3 is 9.88 Å². The molecule has 0 aliphatic carbocycles. The molecule has 5 heteroatoms. The van der Waals surface area contributed by atoms with Crippen LogP contribution in [0.4, 0.5) is 0 Å². The highest BCUT2D eigenvalue weighted by atomic mass is 16.2. The topological polar surface area (TPSA) is 66.1 Å². The summed E-state index contributed by atoms with van der Waals surface area (Å²) in [5.41, 5.74) is 1.15. The number of hydrogen-bond acceptors (Lipinski definition) is 3. The van der Waals surface area contributed by atoms with Gasteiger partial charge in [-0.25, -0.2) is 4.98 Å². The minimum absolute atomic E-state index is 0.114. The lowest BCUT2D eigenvalue weighted by atomic mass is 9.96. The zero-order chi connectivity index (χ0) is 17.2. The van der Waals surface area contributed by atoms with E-state index in [1.54, 1.807) is 6.92 Å². The van der Waals surface area contributed by atoms with Gasteiger partial charge in [-0.05, 0) is 38.7 Å².